The number of para-hydroxylation sites is 1. The largest absolute Gasteiger partial charge is 0.494 e. The number of nitriles is 1. The number of nitrogens with one attached hydrogen (secondary N) is 1. The number of ether oxygens (including phenoxy) is 3. The molecule has 0 unspecified atom stereocenters. The Morgan fingerprint density at radius 1 is 1.04 bits per heavy atom. The Balaban J connectivity index is 1.89. The first-order chi connectivity index (χ1) is 12.3. The lowest BCUT2D eigenvalue weighted by atomic mass is 10.1. The molecule has 2 aromatic carbocycles. The molecule has 0 radical (unpaired) electrons. The van der Waals surface area contributed by atoms with Crippen molar-refractivity contribution in [3.05, 3.63) is 53.6 Å². The van der Waals surface area contributed by atoms with Gasteiger partial charge >= 0.3 is 0 Å². The first-order valence-corrected chi connectivity index (χ1v) is 8.27. The maximum absolute atomic E-state index is 8.54. The molecule has 0 fully saturated rings. The number of rotatable bonds is 10. The molecule has 0 spiro atoms. The summed E-state index contributed by atoms with van der Waals surface area (Å²) < 4.78 is 16.4. The number of benzene rings is 2. The van der Waals surface area contributed by atoms with E-state index in [2.05, 4.69) is 17.5 Å². The number of hydrogen-bond donors (Lipinski definition) is 1. The first kappa shape index (κ1) is 18.6. The monoisotopic (exact) mass is 340 g/mol. The molecule has 0 saturated heterocycles. The molecule has 2 aromatic rings. The van der Waals surface area contributed by atoms with Gasteiger partial charge in [0.1, 0.15) is 5.75 Å². The van der Waals surface area contributed by atoms with Crippen molar-refractivity contribution in [1.82, 2.24) is 5.32 Å². The Bertz CT molecular complexity index is 710. The standard InChI is InChI=1S/C20H24N2O3/c1-23-19-10-6-8-17(20(19)24-2)15-22-14-16-7-5-9-18(13-16)25-12-4-3-11-21/h5-10,13,22H,3-4,12,14-15H2,1-2H3. The highest BCUT2D eigenvalue weighted by Gasteiger charge is 2.08. The predicted octanol–water partition coefficient (Wildman–Crippen LogP) is 3.68. The van der Waals surface area contributed by atoms with Crippen molar-refractivity contribution in [2.45, 2.75) is 25.9 Å². The van der Waals surface area contributed by atoms with Gasteiger partial charge in [-0.15, -0.1) is 0 Å². The minimum absolute atomic E-state index is 0.517. The van der Waals surface area contributed by atoms with Crippen LogP contribution in [0.3, 0.4) is 0 Å². The SMILES string of the molecule is COc1cccc(CNCc2cccc(OCCCC#N)c2)c1OC. The molecule has 0 aliphatic rings. The van der Waals surface area contributed by atoms with Crippen LogP contribution in [0.1, 0.15) is 24.0 Å². The highest BCUT2D eigenvalue weighted by Crippen LogP contribution is 2.30. The Hall–Kier alpha value is -2.71. The van der Waals surface area contributed by atoms with Crippen LogP contribution in [-0.4, -0.2) is 20.8 Å². The number of methoxy groups -OCH3 is 2. The maximum atomic E-state index is 8.54. The van der Waals surface area contributed by atoms with Crippen LogP contribution >= 0.6 is 0 Å². The summed E-state index contributed by atoms with van der Waals surface area (Å²) in [5.41, 5.74) is 2.19. The second-order valence-corrected chi connectivity index (χ2v) is 5.51. The maximum Gasteiger partial charge on any atom is 0.165 e. The van der Waals surface area contributed by atoms with E-state index in [0.717, 1.165) is 41.3 Å². The van der Waals surface area contributed by atoms with Crippen LogP contribution in [0, 0.1) is 11.3 Å². The summed E-state index contributed by atoms with van der Waals surface area (Å²) in [6.45, 7) is 1.95. The van der Waals surface area contributed by atoms with Crippen molar-refractivity contribution >= 4 is 0 Å². The number of hydrogen-bond acceptors (Lipinski definition) is 5. The van der Waals surface area contributed by atoms with E-state index in [1.54, 1.807) is 14.2 Å². The van der Waals surface area contributed by atoms with Gasteiger partial charge in [-0.2, -0.15) is 5.26 Å². The third-order valence-electron chi connectivity index (χ3n) is 3.73. The van der Waals surface area contributed by atoms with Crippen LogP contribution in [0.25, 0.3) is 0 Å². The molecular weight excluding hydrogens is 316 g/mol. The van der Waals surface area contributed by atoms with E-state index >= 15 is 0 Å². The van der Waals surface area contributed by atoms with Gasteiger partial charge in [0.25, 0.3) is 0 Å². The first-order valence-electron chi connectivity index (χ1n) is 8.27. The van der Waals surface area contributed by atoms with Crippen molar-refractivity contribution in [2.75, 3.05) is 20.8 Å². The highest BCUT2D eigenvalue weighted by molar-refractivity contribution is 5.46. The van der Waals surface area contributed by atoms with Crippen LogP contribution in [0.2, 0.25) is 0 Å². The Labute approximate surface area is 149 Å². The molecule has 1 N–H and O–H groups in total. The van der Waals surface area contributed by atoms with Crippen molar-refractivity contribution in [1.29, 1.82) is 5.26 Å². The van der Waals surface area contributed by atoms with Crippen LogP contribution in [0.15, 0.2) is 42.5 Å². The fraction of sp³-hybridized carbons (Fsp3) is 0.350. The van der Waals surface area contributed by atoms with Crippen LogP contribution in [0.4, 0.5) is 0 Å². The van der Waals surface area contributed by atoms with Gasteiger partial charge in [-0.1, -0.05) is 24.3 Å². The smallest absolute Gasteiger partial charge is 0.165 e. The van der Waals surface area contributed by atoms with Crippen LogP contribution < -0.4 is 19.5 Å². The summed E-state index contributed by atoms with van der Waals surface area (Å²) in [5, 5.41) is 12.0. The van der Waals surface area contributed by atoms with Gasteiger partial charge in [0.15, 0.2) is 11.5 Å². The number of unbranched alkanes of at least 4 members (excludes halogenated alkanes) is 1. The van der Waals surface area contributed by atoms with Crippen LogP contribution in [-0.2, 0) is 13.1 Å². The van der Waals surface area contributed by atoms with E-state index in [9.17, 15) is 0 Å². The average molecular weight is 340 g/mol. The van der Waals surface area contributed by atoms with Crippen molar-refractivity contribution in [3.8, 4) is 23.3 Å². The van der Waals surface area contributed by atoms with Crippen LogP contribution in [0.5, 0.6) is 17.2 Å². The second-order valence-electron chi connectivity index (χ2n) is 5.51. The summed E-state index contributed by atoms with van der Waals surface area (Å²) in [6.07, 6.45) is 1.26. The second kappa shape index (κ2) is 10.2. The predicted molar refractivity (Wildman–Crippen MR) is 96.9 cm³/mol. The van der Waals surface area contributed by atoms with Gasteiger partial charge in [-0.3, -0.25) is 0 Å². The molecule has 25 heavy (non-hydrogen) atoms. The third-order valence-corrected chi connectivity index (χ3v) is 3.73. The molecule has 0 bridgehead atoms. The summed E-state index contributed by atoms with van der Waals surface area (Å²) in [5.74, 6) is 2.32. The van der Waals surface area contributed by atoms with E-state index in [4.69, 9.17) is 19.5 Å². The fourth-order valence-electron chi connectivity index (χ4n) is 2.52. The zero-order chi connectivity index (χ0) is 17.9. The van der Waals surface area contributed by atoms with Crippen molar-refractivity contribution in [2.24, 2.45) is 0 Å². The molecule has 0 aliphatic carbocycles. The molecule has 0 aromatic heterocycles. The van der Waals surface area contributed by atoms with E-state index in [-0.39, 0.29) is 0 Å². The van der Waals surface area contributed by atoms with Crippen molar-refractivity contribution in [3.63, 3.8) is 0 Å². The van der Waals surface area contributed by atoms with Gasteiger partial charge in [-0.25, -0.2) is 0 Å². The van der Waals surface area contributed by atoms with Gasteiger partial charge in [0.2, 0.25) is 0 Å². The molecule has 2 rings (SSSR count). The molecular formula is C20H24N2O3. The van der Waals surface area contributed by atoms with Crippen molar-refractivity contribution < 1.29 is 14.2 Å². The molecule has 5 nitrogen and oxygen atoms in total. The topological polar surface area (TPSA) is 63.5 Å². The quantitative estimate of drug-likeness (QED) is 0.669. The molecule has 0 amide bonds. The van der Waals surface area contributed by atoms with E-state index in [0.29, 0.717) is 19.6 Å². The molecule has 0 heterocycles. The summed E-state index contributed by atoms with van der Waals surface area (Å²) in [7, 11) is 3.28. The molecule has 5 heteroatoms. The zero-order valence-corrected chi connectivity index (χ0v) is 14.7. The Morgan fingerprint density at radius 2 is 1.88 bits per heavy atom. The Morgan fingerprint density at radius 3 is 2.64 bits per heavy atom. The summed E-state index contributed by atoms with van der Waals surface area (Å²) in [4.78, 5) is 0. The Kier molecular flexibility index (Phi) is 7.61. The molecule has 0 atom stereocenters. The minimum Gasteiger partial charge on any atom is -0.494 e. The normalized spacial score (nSPS) is 10.1. The van der Waals surface area contributed by atoms with E-state index in [1.165, 1.54) is 0 Å². The minimum atomic E-state index is 0.517. The lowest BCUT2D eigenvalue weighted by Gasteiger charge is -2.13. The lowest BCUT2D eigenvalue weighted by molar-refractivity contribution is 0.312. The van der Waals surface area contributed by atoms with Gasteiger partial charge in [0.05, 0.1) is 26.9 Å². The fourth-order valence-corrected chi connectivity index (χ4v) is 2.52. The molecule has 0 aliphatic heterocycles. The molecule has 0 saturated carbocycles. The molecule has 132 valence electrons. The van der Waals surface area contributed by atoms with E-state index < -0.39 is 0 Å². The van der Waals surface area contributed by atoms with E-state index in [1.807, 2.05) is 36.4 Å². The lowest BCUT2D eigenvalue weighted by Crippen LogP contribution is -2.13. The summed E-state index contributed by atoms with van der Waals surface area (Å²) in [6, 6.07) is 15.9. The number of nitrogens with zero attached hydrogens (tertiary/aromatic N) is 1. The summed E-state index contributed by atoms with van der Waals surface area (Å²) >= 11 is 0. The highest BCUT2D eigenvalue weighted by atomic mass is 16.5. The third kappa shape index (κ3) is 5.70. The average Bonchev–Trinajstić information content (AvgIpc) is 2.65. The van der Waals surface area contributed by atoms with Gasteiger partial charge < -0.3 is 19.5 Å². The van der Waals surface area contributed by atoms with Gasteiger partial charge in [-0.05, 0) is 30.2 Å². The van der Waals surface area contributed by atoms with Gasteiger partial charge in [0, 0.05) is 25.1 Å². The zero-order valence-electron chi connectivity index (χ0n) is 14.7.